The number of aromatic nitrogens is 3. The van der Waals surface area contributed by atoms with Crippen LogP contribution in [0, 0.1) is 0 Å². The van der Waals surface area contributed by atoms with Gasteiger partial charge in [0.15, 0.2) is 10.9 Å². The average Bonchev–Trinajstić information content (AvgIpc) is 3.34. The molecule has 0 spiro atoms. The van der Waals surface area contributed by atoms with Crippen LogP contribution in [0.3, 0.4) is 0 Å². The van der Waals surface area contributed by atoms with Gasteiger partial charge in [-0.3, -0.25) is 0 Å². The second kappa shape index (κ2) is 10.7. The molecule has 2 N–H and O–H groups in total. The number of hydrogen-bond donors (Lipinski definition) is 1. The minimum absolute atomic E-state index is 0.108. The molecule has 1 aromatic heterocycles. The van der Waals surface area contributed by atoms with Gasteiger partial charge in [0.1, 0.15) is 12.1 Å². The molecule has 190 valence electrons. The molecule has 4 rings (SSSR count). The van der Waals surface area contributed by atoms with Crippen LogP contribution in [0.2, 0.25) is 0 Å². The highest BCUT2D eigenvalue weighted by atomic mass is 32.1. The van der Waals surface area contributed by atoms with Gasteiger partial charge < -0.3 is 15.4 Å². The second-order valence-electron chi connectivity index (χ2n) is 7.99. The molecule has 0 amide bonds. The van der Waals surface area contributed by atoms with Crippen molar-refractivity contribution >= 4 is 34.9 Å². The minimum atomic E-state index is -4.75. The molecule has 0 aliphatic carbocycles. The molecule has 0 fully saturated rings. The maximum Gasteiger partial charge on any atom is 0.573 e. The van der Waals surface area contributed by atoms with Gasteiger partial charge in [-0.2, -0.15) is 5.10 Å². The van der Waals surface area contributed by atoms with Gasteiger partial charge in [0.25, 0.3) is 0 Å². The Morgan fingerprint density at radius 3 is 2.32 bits per heavy atom. The number of anilines is 2. The van der Waals surface area contributed by atoms with Crippen molar-refractivity contribution in [3.05, 3.63) is 84.7 Å². The molecule has 0 saturated heterocycles. The Hall–Kier alpha value is -4.45. The molecule has 8 nitrogen and oxygen atoms in total. The van der Waals surface area contributed by atoms with Crippen molar-refractivity contribution in [3.8, 4) is 22.8 Å². The average molecular weight is 526 g/mol. The van der Waals surface area contributed by atoms with E-state index in [1.54, 1.807) is 6.21 Å². The van der Waals surface area contributed by atoms with Gasteiger partial charge in [0.2, 0.25) is 0 Å². The molecule has 0 saturated carbocycles. The number of halogens is 3. The first kappa shape index (κ1) is 25.6. The molecule has 0 aliphatic heterocycles. The normalized spacial score (nSPS) is 11.5. The van der Waals surface area contributed by atoms with Crippen molar-refractivity contribution in [2.75, 3.05) is 24.0 Å². The number of thiocarbonyl (C=S) groups is 1. The first-order valence-electron chi connectivity index (χ1n) is 10.9. The summed E-state index contributed by atoms with van der Waals surface area (Å²) < 4.78 is 42.4. The van der Waals surface area contributed by atoms with Crippen LogP contribution in [0.1, 0.15) is 5.56 Å². The summed E-state index contributed by atoms with van der Waals surface area (Å²) >= 11 is 5.18. The quantitative estimate of drug-likeness (QED) is 0.207. The van der Waals surface area contributed by atoms with Gasteiger partial charge in [0.05, 0.1) is 17.6 Å². The van der Waals surface area contributed by atoms with Crippen molar-refractivity contribution in [3.63, 3.8) is 0 Å². The SMILES string of the molecule is CN(C)c1cccc(N(/N=C\c2ccc(-c3ncn(-c4ccc(OC(F)(F)F)cc4)n3)cc2)C(N)=S)c1. The zero-order valence-electron chi connectivity index (χ0n) is 19.8. The zero-order chi connectivity index (χ0) is 26.6. The fraction of sp³-hybridized carbons (Fsp3) is 0.120. The fourth-order valence-electron chi connectivity index (χ4n) is 3.32. The Labute approximate surface area is 216 Å². The highest BCUT2D eigenvalue weighted by Gasteiger charge is 2.31. The predicted molar refractivity (Wildman–Crippen MR) is 141 cm³/mol. The van der Waals surface area contributed by atoms with E-state index in [9.17, 15) is 13.2 Å². The van der Waals surface area contributed by atoms with Crippen LogP contribution in [-0.4, -0.2) is 46.5 Å². The molecule has 12 heteroatoms. The van der Waals surface area contributed by atoms with E-state index in [0.717, 1.165) is 22.5 Å². The Morgan fingerprint density at radius 1 is 1.03 bits per heavy atom. The Morgan fingerprint density at radius 2 is 1.70 bits per heavy atom. The maximum absolute atomic E-state index is 12.4. The topological polar surface area (TPSA) is 84.8 Å². The van der Waals surface area contributed by atoms with E-state index < -0.39 is 6.36 Å². The number of ether oxygens (including phenoxy) is 1. The third kappa shape index (κ3) is 6.61. The molecule has 4 aromatic rings. The summed E-state index contributed by atoms with van der Waals surface area (Å²) in [4.78, 5) is 6.26. The number of nitrogens with two attached hydrogens (primary N) is 1. The summed E-state index contributed by atoms with van der Waals surface area (Å²) in [6, 6.07) is 20.4. The smallest absolute Gasteiger partial charge is 0.406 e. The van der Waals surface area contributed by atoms with Gasteiger partial charge in [-0.25, -0.2) is 14.7 Å². The lowest BCUT2D eigenvalue weighted by Gasteiger charge is -2.19. The summed E-state index contributed by atoms with van der Waals surface area (Å²) in [5.41, 5.74) is 9.70. The number of rotatable bonds is 7. The third-order valence-electron chi connectivity index (χ3n) is 5.12. The second-order valence-corrected chi connectivity index (χ2v) is 8.40. The lowest BCUT2D eigenvalue weighted by atomic mass is 10.1. The van der Waals surface area contributed by atoms with E-state index in [0.29, 0.717) is 11.5 Å². The number of hydrazone groups is 1. The van der Waals surface area contributed by atoms with Crippen LogP contribution < -0.4 is 20.4 Å². The first-order chi connectivity index (χ1) is 17.6. The maximum atomic E-state index is 12.4. The largest absolute Gasteiger partial charge is 0.573 e. The van der Waals surface area contributed by atoms with Crippen molar-refractivity contribution in [2.45, 2.75) is 6.36 Å². The van der Waals surface area contributed by atoms with Crippen LogP contribution in [-0.2, 0) is 0 Å². The van der Waals surface area contributed by atoms with Gasteiger partial charge in [-0.15, -0.1) is 18.3 Å². The number of nitrogens with zero attached hydrogens (tertiary/aromatic N) is 6. The molecule has 0 aliphatic rings. The zero-order valence-corrected chi connectivity index (χ0v) is 20.6. The Bertz CT molecular complexity index is 1400. The molecular weight excluding hydrogens is 503 g/mol. The van der Waals surface area contributed by atoms with E-state index in [-0.39, 0.29) is 10.9 Å². The van der Waals surface area contributed by atoms with Crippen molar-refractivity contribution in [2.24, 2.45) is 10.8 Å². The number of alkyl halides is 3. The van der Waals surface area contributed by atoms with Crippen LogP contribution in [0.5, 0.6) is 5.75 Å². The highest BCUT2D eigenvalue weighted by molar-refractivity contribution is 7.80. The van der Waals surface area contributed by atoms with Gasteiger partial charge in [0, 0.05) is 25.3 Å². The monoisotopic (exact) mass is 525 g/mol. The molecule has 0 radical (unpaired) electrons. The van der Waals surface area contributed by atoms with Gasteiger partial charge in [-0.1, -0.05) is 30.3 Å². The predicted octanol–water partition coefficient (Wildman–Crippen LogP) is 4.98. The van der Waals surface area contributed by atoms with Crippen molar-refractivity contribution in [1.82, 2.24) is 14.8 Å². The van der Waals surface area contributed by atoms with E-state index in [4.69, 9.17) is 18.0 Å². The van der Waals surface area contributed by atoms with Gasteiger partial charge >= 0.3 is 6.36 Å². The molecule has 37 heavy (non-hydrogen) atoms. The summed E-state index contributed by atoms with van der Waals surface area (Å²) in [5.74, 6) is 0.137. The lowest BCUT2D eigenvalue weighted by molar-refractivity contribution is -0.274. The van der Waals surface area contributed by atoms with Crippen LogP contribution in [0.4, 0.5) is 24.5 Å². The molecule has 1 heterocycles. The van der Waals surface area contributed by atoms with E-state index in [1.807, 2.05) is 67.5 Å². The Balaban J connectivity index is 1.47. The van der Waals surface area contributed by atoms with E-state index in [1.165, 1.54) is 40.3 Å². The van der Waals surface area contributed by atoms with Crippen LogP contribution in [0.25, 0.3) is 17.1 Å². The Kier molecular flexibility index (Phi) is 7.39. The highest BCUT2D eigenvalue weighted by Crippen LogP contribution is 2.24. The molecule has 0 bridgehead atoms. The molecular formula is C25H22F3N7OS. The van der Waals surface area contributed by atoms with Crippen molar-refractivity contribution in [1.29, 1.82) is 0 Å². The summed E-state index contributed by atoms with van der Waals surface area (Å²) in [6.07, 6.45) is -1.63. The molecule has 3 aromatic carbocycles. The lowest BCUT2D eigenvalue weighted by Crippen LogP contribution is -2.31. The van der Waals surface area contributed by atoms with Gasteiger partial charge in [-0.05, 0) is 60.2 Å². The standard InChI is InChI=1S/C25H22F3N7OS/c1-33(2)20-4-3-5-21(14-20)35(24(29)37)31-15-17-6-8-18(9-7-17)23-30-16-34(32-23)19-10-12-22(13-11-19)36-25(26,27)28/h3-16H,1-2H3,(H2,29,37)/b31-15-. The third-order valence-corrected chi connectivity index (χ3v) is 5.29. The van der Waals surface area contributed by atoms with E-state index >= 15 is 0 Å². The molecule has 0 unspecified atom stereocenters. The fourth-order valence-corrected chi connectivity index (χ4v) is 3.47. The van der Waals surface area contributed by atoms with Crippen molar-refractivity contribution < 1.29 is 17.9 Å². The first-order valence-corrected chi connectivity index (χ1v) is 11.3. The number of benzene rings is 3. The summed E-state index contributed by atoms with van der Waals surface area (Å²) in [5, 5.41) is 10.4. The summed E-state index contributed by atoms with van der Waals surface area (Å²) in [7, 11) is 3.88. The number of hydrogen-bond acceptors (Lipinski definition) is 6. The van der Waals surface area contributed by atoms with E-state index in [2.05, 4.69) is 19.9 Å². The summed E-state index contributed by atoms with van der Waals surface area (Å²) in [6.45, 7) is 0. The van der Waals surface area contributed by atoms with Crippen LogP contribution >= 0.6 is 12.2 Å². The van der Waals surface area contributed by atoms with Crippen LogP contribution in [0.15, 0.2) is 84.2 Å². The molecule has 0 atom stereocenters. The minimum Gasteiger partial charge on any atom is -0.406 e.